The fraction of sp³-hybridized carbons (Fsp3) is 0. The molecule has 6 heteroatoms. The van der Waals surface area contributed by atoms with E-state index in [4.69, 9.17) is 23.2 Å². The SMILES string of the molecule is O=C(Nc1cc(Cl)c(F)c(Cl)c1)c1ccc(Br)cc1. The zero-order valence-corrected chi connectivity index (χ0v) is 12.5. The zero-order chi connectivity index (χ0) is 14.0. The van der Waals surface area contributed by atoms with E-state index >= 15 is 0 Å². The molecule has 0 aromatic heterocycles. The van der Waals surface area contributed by atoms with Gasteiger partial charge in [0.2, 0.25) is 0 Å². The third-order valence-electron chi connectivity index (χ3n) is 2.35. The predicted octanol–water partition coefficient (Wildman–Crippen LogP) is 5.15. The van der Waals surface area contributed by atoms with E-state index in [0.717, 1.165) is 4.47 Å². The van der Waals surface area contributed by atoms with Gasteiger partial charge in [-0.05, 0) is 36.4 Å². The Hall–Kier alpha value is -1.10. The highest BCUT2D eigenvalue weighted by Crippen LogP contribution is 2.27. The van der Waals surface area contributed by atoms with Crippen molar-refractivity contribution in [2.75, 3.05) is 5.32 Å². The van der Waals surface area contributed by atoms with Crippen molar-refractivity contribution >= 4 is 50.7 Å². The van der Waals surface area contributed by atoms with E-state index in [0.29, 0.717) is 11.3 Å². The number of halogens is 4. The standard InChI is InChI=1S/C13H7BrCl2FNO/c14-8-3-1-7(2-4-8)13(19)18-9-5-10(15)12(17)11(16)6-9/h1-6H,(H,18,19). The molecular formula is C13H7BrCl2FNO. The van der Waals surface area contributed by atoms with Crippen molar-refractivity contribution in [2.45, 2.75) is 0 Å². The first-order valence-electron chi connectivity index (χ1n) is 5.19. The van der Waals surface area contributed by atoms with Crippen LogP contribution in [0.25, 0.3) is 0 Å². The average Bonchev–Trinajstić information content (AvgIpc) is 2.36. The third-order valence-corrected chi connectivity index (χ3v) is 3.43. The highest BCUT2D eigenvalue weighted by atomic mass is 79.9. The zero-order valence-electron chi connectivity index (χ0n) is 9.38. The lowest BCUT2D eigenvalue weighted by Crippen LogP contribution is -2.11. The van der Waals surface area contributed by atoms with Gasteiger partial charge in [0, 0.05) is 15.7 Å². The van der Waals surface area contributed by atoms with Crippen LogP contribution in [0.15, 0.2) is 40.9 Å². The Bertz CT molecular complexity index is 608. The van der Waals surface area contributed by atoms with E-state index in [1.54, 1.807) is 24.3 Å². The second-order valence-corrected chi connectivity index (χ2v) is 5.44. The van der Waals surface area contributed by atoms with Crippen molar-refractivity contribution in [2.24, 2.45) is 0 Å². The van der Waals surface area contributed by atoms with Crippen molar-refractivity contribution in [3.8, 4) is 0 Å². The molecule has 0 saturated carbocycles. The van der Waals surface area contributed by atoms with Gasteiger partial charge in [0.1, 0.15) is 0 Å². The maximum atomic E-state index is 13.2. The highest BCUT2D eigenvalue weighted by Gasteiger charge is 2.10. The summed E-state index contributed by atoms with van der Waals surface area (Å²) in [6, 6.07) is 9.43. The van der Waals surface area contributed by atoms with Crippen molar-refractivity contribution in [1.29, 1.82) is 0 Å². The molecule has 0 radical (unpaired) electrons. The van der Waals surface area contributed by atoms with Gasteiger partial charge in [0.25, 0.3) is 5.91 Å². The summed E-state index contributed by atoms with van der Waals surface area (Å²) in [4.78, 5) is 11.9. The van der Waals surface area contributed by atoms with E-state index in [1.807, 2.05) is 0 Å². The number of nitrogens with one attached hydrogen (secondary N) is 1. The van der Waals surface area contributed by atoms with Crippen LogP contribution in [0, 0.1) is 5.82 Å². The molecule has 2 aromatic rings. The molecular weight excluding hydrogens is 356 g/mol. The molecule has 2 nitrogen and oxygen atoms in total. The Kier molecular flexibility index (Phi) is 4.45. The Labute approximate surface area is 127 Å². The van der Waals surface area contributed by atoms with Gasteiger partial charge in [-0.3, -0.25) is 4.79 Å². The van der Waals surface area contributed by atoms with E-state index in [1.165, 1.54) is 12.1 Å². The van der Waals surface area contributed by atoms with Crippen molar-refractivity contribution in [3.63, 3.8) is 0 Å². The third kappa shape index (κ3) is 3.47. The minimum Gasteiger partial charge on any atom is -0.322 e. The van der Waals surface area contributed by atoms with Gasteiger partial charge >= 0.3 is 0 Å². The second-order valence-electron chi connectivity index (χ2n) is 3.71. The summed E-state index contributed by atoms with van der Waals surface area (Å²) >= 11 is 14.6. The Morgan fingerprint density at radius 2 is 1.63 bits per heavy atom. The minimum absolute atomic E-state index is 0.140. The Morgan fingerprint density at radius 1 is 1.11 bits per heavy atom. The molecule has 0 aliphatic heterocycles. The summed E-state index contributed by atoms with van der Waals surface area (Å²) in [6.07, 6.45) is 0. The van der Waals surface area contributed by atoms with Crippen molar-refractivity contribution in [1.82, 2.24) is 0 Å². The van der Waals surface area contributed by atoms with Gasteiger partial charge in [0.15, 0.2) is 5.82 Å². The molecule has 0 aliphatic carbocycles. The van der Waals surface area contributed by atoms with Crippen molar-refractivity contribution < 1.29 is 9.18 Å². The molecule has 0 fully saturated rings. The largest absolute Gasteiger partial charge is 0.322 e. The molecule has 0 bridgehead atoms. The molecule has 1 N–H and O–H groups in total. The topological polar surface area (TPSA) is 29.1 Å². The normalized spacial score (nSPS) is 10.3. The minimum atomic E-state index is -0.704. The smallest absolute Gasteiger partial charge is 0.255 e. The molecule has 19 heavy (non-hydrogen) atoms. The molecule has 0 heterocycles. The molecule has 98 valence electrons. The Balaban J connectivity index is 2.22. The highest BCUT2D eigenvalue weighted by molar-refractivity contribution is 9.10. The molecule has 0 unspecified atom stereocenters. The molecule has 0 aliphatic rings. The van der Waals surface area contributed by atoms with Crippen LogP contribution >= 0.6 is 39.1 Å². The summed E-state index contributed by atoms with van der Waals surface area (Å²) in [6.45, 7) is 0. The first-order valence-corrected chi connectivity index (χ1v) is 6.74. The lowest BCUT2D eigenvalue weighted by atomic mass is 10.2. The van der Waals surface area contributed by atoms with Gasteiger partial charge in [-0.15, -0.1) is 0 Å². The predicted molar refractivity (Wildman–Crippen MR) is 78.5 cm³/mol. The number of anilines is 1. The van der Waals surface area contributed by atoms with Crippen LogP contribution in [0.4, 0.5) is 10.1 Å². The lowest BCUT2D eigenvalue weighted by molar-refractivity contribution is 0.102. The van der Waals surface area contributed by atoms with Crippen LogP contribution in [-0.2, 0) is 0 Å². The quantitative estimate of drug-likeness (QED) is 0.735. The fourth-order valence-corrected chi connectivity index (χ4v) is 2.18. The van der Waals surface area contributed by atoms with Crippen LogP contribution in [0.1, 0.15) is 10.4 Å². The molecule has 1 amide bonds. The summed E-state index contributed by atoms with van der Waals surface area (Å²) in [7, 11) is 0. The monoisotopic (exact) mass is 361 g/mol. The van der Waals surface area contributed by atoms with E-state index < -0.39 is 5.82 Å². The van der Waals surface area contributed by atoms with Crippen LogP contribution in [0.5, 0.6) is 0 Å². The maximum absolute atomic E-state index is 13.2. The molecule has 0 atom stereocenters. The maximum Gasteiger partial charge on any atom is 0.255 e. The van der Waals surface area contributed by atoms with E-state index in [-0.39, 0.29) is 16.0 Å². The van der Waals surface area contributed by atoms with Gasteiger partial charge in [-0.2, -0.15) is 0 Å². The summed E-state index contributed by atoms with van der Waals surface area (Å²) in [5.41, 5.74) is 0.809. The fourth-order valence-electron chi connectivity index (χ4n) is 1.43. The van der Waals surface area contributed by atoms with E-state index in [2.05, 4.69) is 21.2 Å². The number of rotatable bonds is 2. The first-order chi connectivity index (χ1) is 8.97. The second kappa shape index (κ2) is 5.90. The van der Waals surface area contributed by atoms with Crippen LogP contribution in [0.3, 0.4) is 0 Å². The number of amides is 1. The summed E-state index contributed by atoms with van der Waals surface area (Å²) in [5, 5.41) is 2.32. The molecule has 2 aromatic carbocycles. The molecule has 2 rings (SSSR count). The lowest BCUT2D eigenvalue weighted by Gasteiger charge is -2.07. The van der Waals surface area contributed by atoms with Crippen LogP contribution in [0.2, 0.25) is 10.0 Å². The average molecular weight is 363 g/mol. The van der Waals surface area contributed by atoms with Crippen LogP contribution < -0.4 is 5.32 Å². The number of carbonyl (C=O) groups excluding carboxylic acids is 1. The van der Waals surface area contributed by atoms with Gasteiger partial charge in [0.05, 0.1) is 10.0 Å². The van der Waals surface area contributed by atoms with Crippen molar-refractivity contribution in [3.05, 3.63) is 62.3 Å². The van der Waals surface area contributed by atoms with Crippen LogP contribution in [-0.4, -0.2) is 5.91 Å². The van der Waals surface area contributed by atoms with Gasteiger partial charge in [-0.25, -0.2) is 4.39 Å². The molecule has 0 saturated heterocycles. The number of hydrogen-bond acceptors (Lipinski definition) is 1. The molecule has 0 spiro atoms. The van der Waals surface area contributed by atoms with E-state index in [9.17, 15) is 9.18 Å². The Morgan fingerprint density at radius 3 is 2.16 bits per heavy atom. The number of hydrogen-bond donors (Lipinski definition) is 1. The first kappa shape index (κ1) is 14.3. The van der Waals surface area contributed by atoms with Gasteiger partial charge in [-0.1, -0.05) is 39.1 Å². The summed E-state index contributed by atoms with van der Waals surface area (Å²) in [5.74, 6) is -1.03. The number of benzene rings is 2. The summed E-state index contributed by atoms with van der Waals surface area (Å²) < 4.78 is 14.1. The number of carbonyl (C=O) groups is 1. The van der Waals surface area contributed by atoms with Gasteiger partial charge < -0.3 is 5.32 Å².